The fourth-order valence-electron chi connectivity index (χ4n) is 2.89. The van der Waals surface area contributed by atoms with Crippen LogP contribution in [0.3, 0.4) is 0 Å². The summed E-state index contributed by atoms with van der Waals surface area (Å²) in [6.07, 6.45) is 1.41. The zero-order chi connectivity index (χ0) is 20.4. The number of hydrogen-bond donors (Lipinski definition) is 0. The second-order valence-electron chi connectivity index (χ2n) is 6.26. The minimum absolute atomic E-state index is 0.165. The number of benzene rings is 3. The van der Waals surface area contributed by atoms with Crippen LogP contribution in [-0.2, 0) is 0 Å². The minimum atomic E-state index is -0.492. The van der Waals surface area contributed by atoms with Crippen LogP contribution in [0.5, 0.6) is 11.5 Å². The highest BCUT2D eigenvalue weighted by Crippen LogP contribution is 2.25. The maximum absolute atomic E-state index is 12.9. The Labute approximate surface area is 174 Å². The van der Waals surface area contributed by atoms with Gasteiger partial charge >= 0.3 is 5.97 Å². The highest BCUT2D eigenvalue weighted by molar-refractivity contribution is 9.10. The molecule has 0 spiro atoms. The molecule has 4 rings (SSSR count). The van der Waals surface area contributed by atoms with Crippen molar-refractivity contribution in [3.05, 3.63) is 93.3 Å². The van der Waals surface area contributed by atoms with Crippen LogP contribution in [0.4, 0.5) is 0 Å². The number of fused-ring (bicyclic) bond motifs is 1. The van der Waals surface area contributed by atoms with E-state index in [4.69, 9.17) is 13.9 Å². The number of carbonyl (C=O) groups excluding carboxylic acids is 1. The molecule has 6 heteroatoms. The SMILES string of the molecule is COc1ccc(-c2coc3cc(OC(=O)c4ccc(Br)cc4)ccc3c2=O)cc1. The van der Waals surface area contributed by atoms with Crippen molar-refractivity contribution in [3.63, 3.8) is 0 Å². The van der Waals surface area contributed by atoms with E-state index in [0.29, 0.717) is 33.6 Å². The van der Waals surface area contributed by atoms with Crippen LogP contribution in [0.1, 0.15) is 10.4 Å². The molecule has 0 bridgehead atoms. The molecular weight excluding hydrogens is 436 g/mol. The second kappa shape index (κ2) is 7.93. The summed E-state index contributed by atoms with van der Waals surface area (Å²) in [5.74, 6) is 0.510. The summed E-state index contributed by atoms with van der Waals surface area (Å²) < 4.78 is 17.1. The van der Waals surface area contributed by atoms with Gasteiger partial charge in [0.05, 0.1) is 23.6 Å². The molecule has 0 atom stereocenters. The maximum atomic E-state index is 12.9. The van der Waals surface area contributed by atoms with Crippen molar-refractivity contribution in [2.24, 2.45) is 0 Å². The van der Waals surface area contributed by atoms with Gasteiger partial charge in [0.25, 0.3) is 0 Å². The van der Waals surface area contributed by atoms with Crippen molar-refractivity contribution in [1.82, 2.24) is 0 Å². The van der Waals surface area contributed by atoms with Crippen molar-refractivity contribution >= 4 is 32.9 Å². The van der Waals surface area contributed by atoms with Crippen LogP contribution in [0.15, 0.2) is 86.7 Å². The van der Waals surface area contributed by atoms with Gasteiger partial charge in [0.1, 0.15) is 23.3 Å². The Morgan fingerprint density at radius 1 is 0.931 bits per heavy atom. The molecule has 1 aromatic heterocycles. The zero-order valence-corrected chi connectivity index (χ0v) is 16.9. The molecule has 144 valence electrons. The molecule has 0 aliphatic rings. The molecule has 29 heavy (non-hydrogen) atoms. The van der Waals surface area contributed by atoms with Crippen LogP contribution in [0.25, 0.3) is 22.1 Å². The molecular formula is C23H15BrO5. The second-order valence-corrected chi connectivity index (χ2v) is 7.18. The zero-order valence-electron chi connectivity index (χ0n) is 15.3. The van der Waals surface area contributed by atoms with Crippen LogP contribution in [0, 0.1) is 0 Å². The molecule has 0 saturated heterocycles. The third-order valence-corrected chi connectivity index (χ3v) is 4.97. The van der Waals surface area contributed by atoms with Gasteiger partial charge in [0.15, 0.2) is 5.43 Å². The summed E-state index contributed by atoms with van der Waals surface area (Å²) in [5.41, 5.74) is 1.77. The molecule has 5 nitrogen and oxygen atoms in total. The van der Waals surface area contributed by atoms with Gasteiger partial charge in [-0.25, -0.2) is 4.79 Å². The number of esters is 1. The average molecular weight is 451 g/mol. The summed E-state index contributed by atoms with van der Waals surface area (Å²) >= 11 is 3.32. The van der Waals surface area contributed by atoms with Crippen LogP contribution in [0.2, 0.25) is 0 Å². The van der Waals surface area contributed by atoms with Crippen molar-refractivity contribution < 1.29 is 18.7 Å². The highest BCUT2D eigenvalue weighted by Gasteiger charge is 2.13. The molecule has 0 amide bonds. The van der Waals surface area contributed by atoms with E-state index in [9.17, 15) is 9.59 Å². The van der Waals surface area contributed by atoms with E-state index < -0.39 is 5.97 Å². The predicted octanol–water partition coefficient (Wildman–Crippen LogP) is 5.45. The van der Waals surface area contributed by atoms with E-state index in [1.165, 1.54) is 12.3 Å². The van der Waals surface area contributed by atoms with Gasteiger partial charge in [-0.3, -0.25) is 4.79 Å². The fourth-order valence-corrected chi connectivity index (χ4v) is 3.16. The Bertz CT molecular complexity index is 1240. The van der Waals surface area contributed by atoms with Gasteiger partial charge in [-0.1, -0.05) is 28.1 Å². The topological polar surface area (TPSA) is 65.7 Å². The summed E-state index contributed by atoms with van der Waals surface area (Å²) in [5, 5.41) is 0.404. The molecule has 4 aromatic rings. The quantitative estimate of drug-likeness (QED) is 0.305. The molecule has 0 N–H and O–H groups in total. The Hall–Kier alpha value is -3.38. The first-order valence-corrected chi connectivity index (χ1v) is 9.52. The lowest BCUT2D eigenvalue weighted by Crippen LogP contribution is -2.09. The predicted molar refractivity (Wildman–Crippen MR) is 114 cm³/mol. The van der Waals surface area contributed by atoms with E-state index in [1.54, 1.807) is 67.8 Å². The standard InChI is InChI=1S/C23H15BrO5/c1-27-17-8-4-14(5-9-17)20-13-28-21-12-18(10-11-19(21)22(20)25)29-23(26)15-2-6-16(24)7-3-15/h2-13H,1H3. The van der Waals surface area contributed by atoms with E-state index in [0.717, 1.165) is 10.0 Å². The first-order valence-electron chi connectivity index (χ1n) is 8.73. The molecule has 0 aliphatic carbocycles. The first-order chi connectivity index (χ1) is 14.0. The number of halogens is 1. The molecule has 0 radical (unpaired) electrons. The lowest BCUT2D eigenvalue weighted by atomic mass is 10.1. The van der Waals surface area contributed by atoms with E-state index in [2.05, 4.69) is 15.9 Å². The monoisotopic (exact) mass is 450 g/mol. The molecule has 1 heterocycles. The van der Waals surface area contributed by atoms with E-state index >= 15 is 0 Å². The number of carbonyl (C=O) groups is 1. The van der Waals surface area contributed by atoms with Crippen molar-refractivity contribution in [3.8, 4) is 22.6 Å². The third-order valence-electron chi connectivity index (χ3n) is 4.44. The maximum Gasteiger partial charge on any atom is 0.343 e. The summed E-state index contributed by atoms with van der Waals surface area (Å²) in [4.78, 5) is 25.1. The number of rotatable bonds is 4. The summed E-state index contributed by atoms with van der Waals surface area (Å²) in [6.45, 7) is 0. The largest absolute Gasteiger partial charge is 0.497 e. The number of methoxy groups -OCH3 is 1. The lowest BCUT2D eigenvalue weighted by molar-refractivity contribution is 0.0735. The van der Waals surface area contributed by atoms with Gasteiger partial charge in [0.2, 0.25) is 0 Å². The Morgan fingerprint density at radius 2 is 1.62 bits per heavy atom. The molecule has 0 aliphatic heterocycles. The van der Waals surface area contributed by atoms with Crippen LogP contribution >= 0.6 is 15.9 Å². The van der Waals surface area contributed by atoms with Gasteiger partial charge in [-0.05, 0) is 54.1 Å². The van der Waals surface area contributed by atoms with Crippen LogP contribution < -0.4 is 14.9 Å². The normalized spacial score (nSPS) is 10.7. The fraction of sp³-hybridized carbons (Fsp3) is 0.0435. The van der Waals surface area contributed by atoms with Gasteiger partial charge in [-0.15, -0.1) is 0 Å². The third kappa shape index (κ3) is 3.93. The first kappa shape index (κ1) is 19.0. The minimum Gasteiger partial charge on any atom is -0.497 e. The Kier molecular flexibility index (Phi) is 5.18. The summed E-state index contributed by atoms with van der Waals surface area (Å²) in [6, 6.07) is 18.7. The van der Waals surface area contributed by atoms with Crippen molar-refractivity contribution in [2.75, 3.05) is 7.11 Å². The Balaban J connectivity index is 1.64. The lowest BCUT2D eigenvalue weighted by Gasteiger charge is -2.07. The summed E-state index contributed by atoms with van der Waals surface area (Å²) in [7, 11) is 1.58. The van der Waals surface area contributed by atoms with Gasteiger partial charge in [0, 0.05) is 10.5 Å². The van der Waals surface area contributed by atoms with Crippen molar-refractivity contribution in [1.29, 1.82) is 0 Å². The van der Waals surface area contributed by atoms with E-state index in [1.807, 2.05) is 0 Å². The molecule has 3 aromatic carbocycles. The molecule has 0 fully saturated rings. The smallest absolute Gasteiger partial charge is 0.343 e. The van der Waals surface area contributed by atoms with E-state index in [-0.39, 0.29) is 5.43 Å². The van der Waals surface area contributed by atoms with Gasteiger partial charge in [-0.2, -0.15) is 0 Å². The van der Waals surface area contributed by atoms with Crippen LogP contribution in [-0.4, -0.2) is 13.1 Å². The van der Waals surface area contributed by atoms with Crippen molar-refractivity contribution in [2.45, 2.75) is 0 Å². The van der Waals surface area contributed by atoms with Gasteiger partial charge < -0.3 is 13.9 Å². The molecule has 0 unspecified atom stereocenters. The number of hydrogen-bond acceptors (Lipinski definition) is 5. The molecule has 0 saturated carbocycles. The number of ether oxygens (including phenoxy) is 2. The Morgan fingerprint density at radius 3 is 2.31 bits per heavy atom. The average Bonchev–Trinajstić information content (AvgIpc) is 2.74. The highest BCUT2D eigenvalue weighted by atomic mass is 79.9.